The van der Waals surface area contributed by atoms with Crippen molar-refractivity contribution in [1.29, 1.82) is 0 Å². The first-order chi connectivity index (χ1) is 9.47. The summed E-state index contributed by atoms with van der Waals surface area (Å²) in [6.07, 6.45) is -5.13. The van der Waals surface area contributed by atoms with Crippen LogP contribution in [0, 0.1) is 6.92 Å². The van der Waals surface area contributed by atoms with E-state index < -0.39 is 29.8 Å². The van der Waals surface area contributed by atoms with Gasteiger partial charge in [-0.3, -0.25) is 0 Å². The third kappa shape index (κ3) is 3.84. The number of carbonyl (C=O) groups is 2. The summed E-state index contributed by atoms with van der Waals surface area (Å²) in [6.45, 7) is 3.65. The molecular formula is C11H14F3N3O3S. The molecule has 2 unspecified atom stereocenters. The Bertz CT molecular complexity index is 546. The van der Waals surface area contributed by atoms with Crippen molar-refractivity contribution in [3.63, 3.8) is 0 Å². The van der Waals surface area contributed by atoms with E-state index in [1.165, 1.54) is 23.6 Å². The minimum atomic E-state index is -5.13. The molecule has 1 aromatic rings. The van der Waals surface area contributed by atoms with E-state index >= 15 is 0 Å². The van der Waals surface area contributed by atoms with Crippen molar-refractivity contribution < 1.29 is 27.9 Å². The average Bonchev–Trinajstić information content (AvgIpc) is 2.73. The number of hydrogen-bond acceptors (Lipinski definition) is 4. The number of alkyl halides is 3. The van der Waals surface area contributed by atoms with E-state index in [4.69, 9.17) is 5.11 Å². The first-order valence-corrected chi connectivity index (χ1v) is 6.66. The summed E-state index contributed by atoms with van der Waals surface area (Å²) < 4.78 is 38.2. The highest BCUT2D eigenvalue weighted by Gasteiger charge is 2.58. The zero-order chi connectivity index (χ0) is 16.4. The lowest BCUT2D eigenvalue weighted by atomic mass is 10.0. The molecule has 0 spiro atoms. The lowest BCUT2D eigenvalue weighted by Crippen LogP contribution is -2.63. The summed E-state index contributed by atoms with van der Waals surface area (Å²) in [6, 6.07) is -1.88. The largest absolute Gasteiger partial charge is 0.479 e. The van der Waals surface area contributed by atoms with E-state index in [0.717, 1.165) is 5.69 Å². The number of amides is 2. The highest BCUT2D eigenvalue weighted by atomic mass is 32.1. The van der Waals surface area contributed by atoms with Crippen molar-refractivity contribution in [3.05, 3.63) is 16.1 Å². The molecule has 0 fully saturated rings. The molecule has 118 valence electrons. The van der Waals surface area contributed by atoms with Gasteiger partial charge in [-0.25, -0.2) is 14.6 Å². The van der Waals surface area contributed by atoms with Gasteiger partial charge in [-0.1, -0.05) is 0 Å². The zero-order valence-electron chi connectivity index (χ0n) is 11.4. The fourth-order valence-corrected chi connectivity index (χ4v) is 2.14. The third-order valence-electron chi connectivity index (χ3n) is 2.71. The quantitative estimate of drug-likeness (QED) is 0.791. The van der Waals surface area contributed by atoms with Crippen LogP contribution in [0.2, 0.25) is 0 Å². The molecule has 10 heteroatoms. The Morgan fingerprint density at radius 1 is 1.43 bits per heavy atom. The summed E-state index contributed by atoms with van der Waals surface area (Å²) in [5.41, 5.74) is -2.65. The van der Waals surface area contributed by atoms with Gasteiger partial charge in [-0.2, -0.15) is 13.2 Å². The topological polar surface area (TPSA) is 91.3 Å². The minimum absolute atomic E-state index is 0.382. The highest BCUT2D eigenvalue weighted by Crippen LogP contribution is 2.30. The molecule has 0 aromatic carbocycles. The van der Waals surface area contributed by atoms with Crippen molar-refractivity contribution in [2.45, 2.75) is 38.5 Å². The molecule has 0 bridgehead atoms. The van der Waals surface area contributed by atoms with Crippen LogP contribution < -0.4 is 10.6 Å². The summed E-state index contributed by atoms with van der Waals surface area (Å²) in [5, 5.41) is 14.6. The summed E-state index contributed by atoms with van der Waals surface area (Å²) in [7, 11) is 0. The fourth-order valence-electron chi connectivity index (χ4n) is 1.34. The molecule has 0 aliphatic rings. The monoisotopic (exact) mass is 325 g/mol. The number of carboxylic acid groups (broad SMARTS) is 1. The number of carboxylic acids is 1. The maximum Gasteiger partial charge on any atom is 0.422 e. The molecule has 0 saturated heterocycles. The molecule has 0 aliphatic carbocycles. The summed E-state index contributed by atoms with van der Waals surface area (Å²) >= 11 is 1.24. The Kier molecular flexibility index (Phi) is 4.82. The van der Waals surface area contributed by atoms with Gasteiger partial charge >= 0.3 is 18.2 Å². The number of hydrogen-bond donors (Lipinski definition) is 3. The molecular weight excluding hydrogens is 311 g/mol. The molecule has 0 aliphatic heterocycles. The second kappa shape index (κ2) is 5.88. The number of aryl methyl sites for hydroxylation is 1. The number of thiazole rings is 1. The Morgan fingerprint density at radius 2 is 2.00 bits per heavy atom. The van der Waals surface area contributed by atoms with Gasteiger partial charge in [0.05, 0.1) is 6.04 Å². The van der Waals surface area contributed by atoms with E-state index in [-0.39, 0.29) is 0 Å². The number of urea groups is 1. The number of aromatic nitrogens is 1. The molecule has 6 nitrogen and oxygen atoms in total. The summed E-state index contributed by atoms with van der Waals surface area (Å²) in [5.74, 6) is -2.19. The second-order valence-corrected chi connectivity index (χ2v) is 5.46. The minimum Gasteiger partial charge on any atom is -0.479 e. The highest BCUT2D eigenvalue weighted by molar-refractivity contribution is 7.09. The van der Waals surface area contributed by atoms with Crippen molar-refractivity contribution in [2.24, 2.45) is 0 Å². The van der Waals surface area contributed by atoms with Crippen LogP contribution in [0.5, 0.6) is 0 Å². The lowest BCUT2D eigenvalue weighted by Gasteiger charge is -2.29. The van der Waals surface area contributed by atoms with Gasteiger partial charge in [0.2, 0.25) is 5.54 Å². The SMILES string of the molecule is Cc1csc(C(C)NC(=O)NC(C)(C(=O)O)C(F)(F)F)n1. The van der Waals surface area contributed by atoms with E-state index in [1.807, 2.05) is 0 Å². The van der Waals surface area contributed by atoms with E-state index in [2.05, 4.69) is 10.3 Å². The predicted octanol–water partition coefficient (Wildman–Crippen LogP) is 2.22. The normalized spacial score (nSPS) is 15.9. The Labute approximate surface area is 122 Å². The van der Waals surface area contributed by atoms with Crippen LogP contribution in [0.4, 0.5) is 18.0 Å². The molecule has 21 heavy (non-hydrogen) atoms. The zero-order valence-corrected chi connectivity index (χ0v) is 12.2. The Morgan fingerprint density at radius 3 is 2.38 bits per heavy atom. The van der Waals surface area contributed by atoms with E-state index in [9.17, 15) is 22.8 Å². The molecule has 0 saturated carbocycles. The van der Waals surface area contributed by atoms with Crippen LogP contribution in [0.1, 0.15) is 30.6 Å². The molecule has 2 atom stereocenters. The maximum absolute atomic E-state index is 12.7. The fraction of sp³-hybridized carbons (Fsp3) is 0.545. The van der Waals surface area contributed by atoms with Gasteiger partial charge in [0.25, 0.3) is 0 Å². The van der Waals surface area contributed by atoms with E-state index in [0.29, 0.717) is 11.9 Å². The summed E-state index contributed by atoms with van der Waals surface area (Å²) in [4.78, 5) is 26.5. The smallest absolute Gasteiger partial charge is 0.422 e. The third-order valence-corrected chi connectivity index (χ3v) is 3.86. The van der Waals surface area contributed by atoms with Gasteiger partial charge in [0.15, 0.2) is 0 Å². The Balaban J connectivity index is 2.78. The van der Waals surface area contributed by atoms with Crippen molar-refractivity contribution in [3.8, 4) is 0 Å². The van der Waals surface area contributed by atoms with Gasteiger partial charge in [-0.05, 0) is 20.8 Å². The Hall–Kier alpha value is -1.84. The number of rotatable bonds is 4. The van der Waals surface area contributed by atoms with Crippen LogP contribution >= 0.6 is 11.3 Å². The van der Waals surface area contributed by atoms with Gasteiger partial charge < -0.3 is 15.7 Å². The van der Waals surface area contributed by atoms with Gasteiger partial charge in [-0.15, -0.1) is 11.3 Å². The number of nitrogens with zero attached hydrogens (tertiary/aromatic N) is 1. The number of aliphatic carboxylic acids is 1. The van der Waals surface area contributed by atoms with Crippen LogP contribution in [0.3, 0.4) is 0 Å². The molecule has 1 heterocycles. The van der Waals surface area contributed by atoms with Crippen LogP contribution in [0.15, 0.2) is 5.38 Å². The van der Waals surface area contributed by atoms with Crippen LogP contribution in [0.25, 0.3) is 0 Å². The first-order valence-electron chi connectivity index (χ1n) is 5.78. The van der Waals surface area contributed by atoms with Crippen molar-refractivity contribution in [2.75, 3.05) is 0 Å². The maximum atomic E-state index is 12.7. The molecule has 1 rings (SSSR count). The van der Waals surface area contributed by atoms with E-state index in [1.54, 1.807) is 12.3 Å². The average molecular weight is 325 g/mol. The number of carbonyl (C=O) groups excluding carboxylic acids is 1. The van der Waals surface area contributed by atoms with Crippen molar-refractivity contribution >= 4 is 23.3 Å². The molecule has 0 radical (unpaired) electrons. The first kappa shape index (κ1) is 17.2. The van der Waals surface area contributed by atoms with Gasteiger partial charge in [0, 0.05) is 11.1 Å². The number of halogens is 3. The van der Waals surface area contributed by atoms with Crippen molar-refractivity contribution in [1.82, 2.24) is 15.6 Å². The van der Waals surface area contributed by atoms with Crippen LogP contribution in [-0.4, -0.2) is 33.8 Å². The molecule has 3 N–H and O–H groups in total. The van der Waals surface area contributed by atoms with Crippen LogP contribution in [-0.2, 0) is 4.79 Å². The predicted molar refractivity (Wildman–Crippen MR) is 69.0 cm³/mol. The lowest BCUT2D eigenvalue weighted by molar-refractivity contribution is -0.203. The molecule has 2 amide bonds. The second-order valence-electron chi connectivity index (χ2n) is 4.58. The van der Waals surface area contributed by atoms with Gasteiger partial charge in [0.1, 0.15) is 5.01 Å². The standard InChI is InChI=1S/C11H14F3N3O3S/c1-5-4-21-7(15-5)6(2)16-9(20)17-10(3,8(18)19)11(12,13)14/h4,6H,1-3H3,(H,18,19)(H2,16,17,20). The molecule has 1 aromatic heterocycles. The number of nitrogens with one attached hydrogen (secondary N) is 2.